The lowest BCUT2D eigenvalue weighted by molar-refractivity contribution is 0.477. The van der Waals surface area contributed by atoms with Gasteiger partial charge < -0.3 is 16.2 Å². The van der Waals surface area contributed by atoms with Gasteiger partial charge in [0.05, 0.1) is 5.69 Å². The van der Waals surface area contributed by atoms with Gasteiger partial charge >= 0.3 is 0 Å². The smallest absolute Gasteiger partial charge is 0.229 e. The molecule has 76 valence electrons. The second-order valence-electron chi connectivity index (χ2n) is 2.95. The number of para-hydroxylation sites is 2. The maximum absolute atomic E-state index is 9.49. The van der Waals surface area contributed by atoms with Gasteiger partial charge in [-0.3, -0.25) is 0 Å². The highest BCUT2D eigenvalue weighted by Crippen LogP contribution is 2.24. The summed E-state index contributed by atoms with van der Waals surface area (Å²) in [5.74, 6) is 0.878. The van der Waals surface area contributed by atoms with Gasteiger partial charge in [-0.15, -0.1) is 0 Å². The number of phenols is 1. The Morgan fingerprint density at radius 3 is 2.73 bits per heavy atom. The Hall–Kier alpha value is -2.30. The molecule has 0 saturated carbocycles. The van der Waals surface area contributed by atoms with E-state index in [4.69, 9.17) is 5.73 Å². The molecule has 0 unspecified atom stereocenters. The molecule has 2 aromatic rings. The summed E-state index contributed by atoms with van der Waals surface area (Å²) in [7, 11) is 0. The molecule has 1 heterocycles. The number of nitrogen functional groups attached to an aromatic ring is 1. The third-order valence-electron chi connectivity index (χ3n) is 1.83. The Bertz CT molecular complexity index is 472. The molecule has 0 aliphatic heterocycles. The second kappa shape index (κ2) is 3.83. The lowest BCUT2D eigenvalue weighted by atomic mass is 10.3. The normalized spacial score (nSPS) is 9.87. The number of nitrogens with two attached hydrogens (primary N) is 1. The molecule has 0 amide bonds. The average molecular weight is 202 g/mol. The molecule has 0 spiro atoms. The fourth-order valence-corrected chi connectivity index (χ4v) is 1.13. The molecule has 0 radical (unpaired) electrons. The van der Waals surface area contributed by atoms with Crippen LogP contribution >= 0.6 is 0 Å². The Morgan fingerprint density at radius 1 is 1.20 bits per heavy atom. The number of benzene rings is 1. The Morgan fingerprint density at radius 2 is 2.00 bits per heavy atom. The zero-order valence-electron chi connectivity index (χ0n) is 7.88. The zero-order valence-corrected chi connectivity index (χ0v) is 7.88. The average Bonchev–Trinajstić information content (AvgIpc) is 2.22. The van der Waals surface area contributed by atoms with Crippen molar-refractivity contribution in [3.63, 3.8) is 0 Å². The summed E-state index contributed by atoms with van der Waals surface area (Å²) in [6.07, 6.45) is 1.55. The first-order chi connectivity index (χ1) is 7.25. The molecule has 15 heavy (non-hydrogen) atoms. The van der Waals surface area contributed by atoms with Gasteiger partial charge in [0, 0.05) is 6.20 Å². The molecule has 0 bridgehead atoms. The number of rotatable bonds is 2. The molecule has 4 N–H and O–H groups in total. The maximum Gasteiger partial charge on any atom is 0.229 e. The Labute approximate surface area is 86.6 Å². The molecular weight excluding hydrogens is 192 g/mol. The molecule has 5 nitrogen and oxygen atoms in total. The van der Waals surface area contributed by atoms with Crippen LogP contribution in [0.5, 0.6) is 5.75 Å². The number of hydrogen-bond acceptors (Lipinski definition) is 5. The zero-order chi connectivity index (χ0) is 10.7. The monoisotopic (exact) mass is 202 g/mol. The number of nitrogens with zero attached hydrogens (tertiary/aromatic N) is 2. The van der Waals surface area contributed by atoms with Crippen LogP contribution < -0.4 is 11.1 Å². The van der Waals surface area contributed by atoms with Crippen molar-refractivity contribution in [2.45, 2.75) is 0 Å². The van der Waals surface area contributed by atoms with Gasteiger partial charge in [0.1, 0.15) is 11.6 Å². The summed E-state index contributed by atoms with van der Waals surface area (Å²) in [6.45, 7) is 0. The van der Waals surface area contributed by atoms with Gasteiger partial charge in [-0.25, -0.2) is 4.98 Å². The van der Waals surface area contributed by atoms with Crippen LogP contribution in [-0.2, 0) is 0 Å². The van der Waals surface area contributed by atoms with Crippen LogP contribution in [0.2, 0.25) is 0 Å². The molecular formula is C10H10N4O. The fourth-order valence-electron chi connectivity index (χ4n) is 1.13. The molecule has 0 fully saturated rings. The summed E-state index contributed by atoms with van der Waals surface area (Å²) in [6, 6.07) is 8.43. The van der Waals surface area contributed by atoms with Crippen LogP contribution in [0.4, 0.5) is 17.5 Å². The highest BCUT2D eigenvalue weighted by Gasteiger charge is 2.01. The molecule has 1 aromatic carbocycles. The summed E-state index contributed by atoms with van der Waals surface area (Å²) in [5.41, 5.74) is 6.04. The minimum absolute atomic E-state index is 0.142. The van der Waals surface area contributed by atoms with Crippen molar-refractivity contribution < 1.29 is 5.11 Å². The summed E-state index contributed by atoms with van der Waals surface area (Å²) < 4.78 is 0. The molecule has 5 heteroatoms. The van der Waals surface area contributed by atoms with Crippen molar-refractivity contribution in [3.05, 3.63) is 36.5 Å². The number of nitrogens with one attached hydrogen (secondary N) is 1. The third-order valence-corrected chi connectivity index (χ3v) is 1.83. The first kappa shape index (κ1) is 9.26. The van der Waals surface area contributed by atoms with E-state index in [9.17, 15) is 5.11 Å². The predicted octanol–water partition coefficient (Wildman–Crippen LogP) is 1.51. The summed E-state index contributed by atoms with van der Waals surface area (Å²) in [4.78, 5) is 7.92. The van der Waals surface area contributed by atoms with Crippen LogP contribution in [0.1, 0.15) is 0 Å². The van der Waals surface area contributed by atoms with Crippen molar-refractivity contribution in [2.75, 3.05) is 11.1 Å². The van der Waals surface area contributed by atoms with Crippen molar-refractivity contribution >= 4 is 17.5 Å². The SMILES string of the molecule is Nc1ccnc(Nc2ccccc2O)n1. The standard InChI is InChI=1S/C10H10N4O/c11-9-5-6-12-10(14-9)13-7-3-1-2-4-8(7)15/h1-6,15H,(H3,11,12,13,14). The second-order valence-corrected chi connectivity index (χ2v) is 2.95. The van der Waals surface area contributed by atoms with Gasteiger partial charge in [-0.2, -0.15) is 4.98 Å². The highest BCUT2D eigenvalue weighted by molar-refractivity contribution is 5.61. The Kier molecular flexibility index (Phi) is 2.37. The van der Waals surface area contributed by atoms with Crippen molar-refractivity contribution in [1.29, 1.82) is 0 Å². The number of hydrogen-bond donors (Lipinski definition) is 3. The van der Waals surface area contributed by atoms with E-state index in [-0.39, 0.29) is 5.75 Å². The Balaban J connectivity index is 2.26. The summed E-state index contributed by atoms with van der Waals surface area (Å²) in [5, 5.41) is 12.4. The lowest BCUT2D eigenvalue weighted by Crippen LogP contribution is -1.99. The number of anilines is 3. The van der Waals surface area contributed by atoms with Crippen LogP contribution in [-0.4, -0.2) is 15.1 Å². The molecule has 2 rings (SSSR count). The highest BCUT2D eigenvalue weighted by atomic mass is 16.3. The van der Waals surface area contributed by atoms with E-state index >= 15 is 0 Å². The largest absolute Gasteiger partial charge is 0.506 e. The van der Waals surface area contributed by atoms with Gasteiger partial charge in [-0.05, 0) is 18.2 Å². The minimum atomic E-state index is 0.142. The molecule has 0 aliphatic rings. The van der Waals surface area contributed by atoms with Gasteiger partial charge in [-0.1, -0.05) is 12.1 Å². The quantitative estimate of drug-likeness (QED) is 0.643. The van der Waals surface area contributed by atoms with E-state index in [1.165, 1.54) is 0 Å². The summed E-state index contributed by atoms with van der Waals surface area (Å²) >= 11 is 0. The number of aromatic hydroxyl groups is 1. The van der Waals surface area contributed by atoms with Gasteiger partial charge in [0.25, 0.3) is 0 Å². The third kappa shape index (κ3) is 2.14. The topological polar surface area (TPSA) is 84.1 Å². The van der Waals surface area contributed by atoms with Crippen LogP contribution in [0, 0.1) is 0 Å². The minimum Gasteiger partial charge on any atom is -0.506 e. The molecule has 1 aromatic heterocycles. The predicted molar refractivity (Wildman–Crippen MR) is 57.8 cm³/mol. The molecule has 0 atom stereocenters. The van der Waals surface area contributed by atoms with E-state index in [1.807, 2.05) is 0 Å². The first-order valence-electron chi connectivity index (χ1n) is 4.39. The van der Waals surface area contributed by atoms with E-state index in [2.05, 4.69) is 15.3 Å². The molecule has 0 aliphatic carbocycles. The van der Waals surface area contributed by atoms with E-state index < -0.39 is 0 Å². The van der Waals surface area contributed by atoms with Crippen molar-refractivity contribution in [2.24, 2.45) is 0 Å². The van der Waals surface area contributed by atoms with Crippen molar-refractivity contribution in [1.82, 2.24) is 9.97 Å². The van der Waals surface area contributed by atoms with Crippen LogP contribution in [0.25, 0.3) is 0 Å². The lowest BCUT2D eigenvalue weighted by Gasteiger charge is -2.06. The number of aromatic nitrogens is 2. The number of phenolic OH excluding ortho intramolecular Hbond substituents is 1. The van der Waals surface area contributed by atoms with E-state index in [1.54, 1.807) is 36.5 Å². The first-order valence-corrected chi connectivity index (χ1v) is 4.39. The van der Waals surface area contributed by atoms with E-state index in [0.717, 1.165) is 0 Å². The van der Waals surface area contributed by atoms with Crippen LogP contribution in [0.3, 0.4) is 0 Å². The van der Waals surface area contributed by atoms with Gasteiger partial charge in [0.2, 0.25) is 5.95 Å². The maximum atomic E-state index is 9.49. The van der Waals surface area contributed by atoms with E-state index in [0.29, 0.717) is 17.5 Å². The van der Waals surface area contributed by atoms with Gasteiger partial charge in [0.15, 0.2) is 0 Å². The van der Waals surface area contributed by atoms with Crippen LogP contribution in [0.15, 0.2) is 36.5 Å². The molecule has 0 saturated heterocycles. The fraction of sp³-hybridized carbons (Fsp3) is 0. The van der Waals surface area contributed by atoms with Crippen molar-refractivity contribution in [3.8, 4) is 5.75 Å².